The van der Waals surface area contributed by atoms with Crippen molar-refractivity contribution in [3.05, 3.63) is 48.6 Å². The minimum Gasteiger partial charge on any atom is -0.394 e. The second kappa shape index (κ2) is 59.9. The molecule has 0 fully saturated rings. The standard InChI is InChI=1S/C65H123NO4/c1-3-5-7-9-11-13-15-17-19-21-23-25-27-28-29-30-31-32-33-34-35-36-37-38-40-42-44-46-48-50-52-54-56-58-60-64(69)65(70)66-62(61-67)63(68)59-57-55-53-51-49-47-45-43-41-39-26-24-22-20-18-16-14-12-10-8-6-4-2/h27-28,30-31,49,51,57,59,62-64,67-69H,3-26,29,32-48,50,52-56,58,60-61H2,1-2H3,(H,66,70)/b28-27-,31-30-,51-49+,59-57+. The van der Waals surface area contributed by atoms with E-state index in [4.69, 9.17) is 0 Å². The van der Waals surface area contributed by atoms with Gasteiger partial charge in [-0.25, -0.2) is 0 Å². The summed E-state index contributed by atoms with van der Waals surface area (Å²) in [6.07, 6.45) is 80.8. The molecule has 5 heteroatoms. The first-order valence-electron chi connectivity index (χ1n) is 31.5. The van der Waals surface area contributed by atoms with Gasteiger partial charge in [0.2, 0.25) is 5.91 Å². The Morgan fingerprint density at radius 1 is 0.357 bits per heavy atom. The van der Waals surface area contributed by atoms with Crippen LogP contribution >= 0.6 is 0 Å². The quantitative estimate of drug-likeness (QED) is 0.0361. The van der Waals surface area contributed by atoms with Crippen LogP contribution in [-0.2, 0) is 4.79 Å². The van der Waals surface area contributed by atoms with Crippen LogP contribution in [0, 0.1) is 0 Å². The lowest BCUT2D eigenvalue weighted by Gasteiger charge is -2.21. The predicted octanol–water partition coefficient (Wildman–Crippen LogP) is 20.0. The van der Waals surface area contributed by atoms with Crippen LogP contribution in [0.25, 0.3) is 0 Å². The minimum atomic E-state index is -1.11. The molecule has 0 aromatic heterocycles. The summed E-state index contributed by atoms with van der Waals surface area (Å²) in [6.45, 7) is 4.21. The van der Waals surface area contributed by atoms with E-state index in [2.05, 4.69) is 55.6 Å². The van der Waals surface area contributed by atoms with Gasteiger partial charge < -0.3 is 20.6 Å². The lowest BCUT2D eigenvalue weighted by molar-refractivity contribution is -0.131. The number of allylic oxidation sites excluding steroid dienone is 7. The molecule has 0 saturated heterocycles. The van der Waals surface area contributed by atoms with Crippen LogP contribution in [0.2, 0.25) is 0 Å². The molecule has 0 aliphatic heterocycles. The summed E-state index contributed by atoms with van der Waals surface area (Å²) < 4.78 is 0. The van der Waals surface area contributed by atoms with Crippen molar-refractivity contribution in [1.29, 1.82) is 0 Å². The van der Waals surface area contributed by atoms with E-state index in [-0.39, 0.29) is 6.61 Å². The zero-order chi connectivity index (χ0) is 50.7. The SMILES string of the molecule is CCCCCCCCCCCCC/C=C\C/C=C\CCCCCCCCCCCCCCCCCCC(O)C(=O)NC(CO)C(O)/C=C/CC/C=C/CCCCCCCCCCCCCCCCCC. The summed E-state index contributed by atoms with van der Waals surface area (Å²) in [5, 5.41) is 33.4. The Bertz CT molecular complexity index is 1130. The monoisotopic (exact) mass is 982 g/mol. The average Bonchev–Trinajstić information content (AvgIpc) is 3.36. The second-order valence-electron chi connectivity index (χ2n) is 21.6. The van der Waals surface area contributed by atoms with Crippen LogP contribution in [0.1, 0.15) is 335 Å². The van der Waals surface area contributed by atoms with E-state index in [1.807, 2.05) is 6.08 Å². The van der Waals surface area contributed by atoms with Crippen LogP contribution in [0.15, 0.2) is 48.6 Å². The number of unbranched alkanes of at least 4 members (excludes halogenated alkanes) is 44. The molecule has 0 rings (SSSR count). The van der Waals surface area contributed by atoms with Gasteiger partial charge in [-0.05, 0) is 64.2 Å². The number of aliphatic hydroxyl groups excluding tert-OH is 3. The van der Waals surface area contributed by atoms with Crippen molar-refractivity contribution in [3.8, 4) is 0 Å². The Kier molecular flexibility index (Phi) is 58.4. The highest BCUT2D eigenvalue weighted by atomic mass is 16.3. The smallest absolute Gasteiger partial charge is 0.249 e. The molecular formula is C65H123NO4. The number of rotatable bonds is 58. The number of hydrogen-bond acceptors (Lipinski definition) is 4. The van der Waals surface area contributed by atoms with E-state index in [1.165, 1.54) is 270 Å². The molecule has 70 heavy (non-hydrogen) atoms. The van der Waals surface area contributed by atoms with Crippen molar-refractivity contribution in [1.82, 2.24) is 5.32 Å². The highest BCUT2D eigenvalue weighted by molar-refractivity contribution is 5.80. The third kappa shape index (κ3) is 54.1. The third-order valence-corrected chi connectivity index (χ3v) is 14.6. The molecule has 0 aromatic rings. The van der Waals surface area contributed by atoms with Gasteiger partial charge in [0, 0.05) is 0 Å². The Morgan fingerprint density at radius 2 is 0.629 bits per heavy atom. The maximum absolute atomic E-state index is 12.6. The van der Waals surface area contributed by atoms with Gasteiger partial charge in [-0.15, -0.1) is 0 Å². The van der Waals surface area contributed by atoms with Crippen molar-refractivity contribution in [2.24, 2.45) is 0 Å². The molecule has 412 valence electrons. The van der Waals surface area contributed by atoms with Gasteiger partial charge in [0.25, 0.3) is 0 Å². The maximum atomic E-state index is 12.6. The largest absolute Gasteiger partial charge is 0.394 e. The molecular weight excluding hydrogens is 859 g/mol. The van der Waals surface area contributed by atoms with Crippen molar-refractivity contribution < 1.29 is 20.1 Å². The normalized spacial score (nSPS) is 13.5. The van der Waals surface area contributed by atoms with E-state index in [1.54, 1.807) is 6.08 Å². The Morgan fingerprint density at radius 3 is 0.957 bits per heavy atom. The number of hydrogen-bond donors (Lipinski definition) is 4. The second-order valence-corrected chi connectivity index (χ2v) is 21.6. The molecule has 0 radical (unpaired) electrons. The number of carbonyl (C=O) groups excluding carboxylic acids is 1. The van der Waals surface area contributed by atoms with Crippen molar-refractivity contribution in [2.45, 2.75) is 353 Å². The highest BCUT2D eigenvalue weighted by Gasteiger charge is 2.22. The zero-order valence-electron chi connectivity index (χ0n) is 47.2. The van der Waals surface area contributed by atoms with E-state index < -0.39 is 24.2 Å². The molecule has 0 aliphatic rings. The fraction of sp³-hybridized carbons (Fsp3) is 0.862. The first kappa shape index (κ1) is 68.3. The average molecular weight is 983 g/mol. The fourth-order valence-electron chi connectivity index (χ4n) is 9.77. The van der Waals surface area contributed by atoms with Gasteiger partial charge in [0.15, 0.2) is 0 Å². The molecule has 3 unspecified atom stereocenters. The van der Waals surface area contributed by atoms with E-state index >= 15 is 0 Å². The van der Waals surface area contributed by atoms with Crippen LogP contribution in [0.4, 0.5) is 0 Å². The van der Waals surface area contributed by atoms with Gasteiger partial charge in [0.1, 0.15) is 6.10 Å². The minimum absolute atomic E-state index is 0.375. The van der Waals surface area contributed by atoms with Crippen molar-refractivity contribution in [2.75, 3.05) is 6.61 Å². The third-order valence-electron chi connectivity index (χ3n) is 14.6. The fourth-order valence-corrected chi connectivity index (χ4v) is 9.77. The summed E-state index contributed by atoms with van der Waals surface area (Å²) in [5.74, 6) is -0.509. The molecule has 0 bridgehead atoms. The number of aliphatic hydroxyl groups is 3. The van der Waals surface area contributed by atoms with Crippen LogP contribution in [0.3, 0.4) is 0 Å². The first-order chi connectivity index (χ1) is 34.6. The lowest BCUT2D eigenvalue weighted by atomic mass is 10.0. The van der Waals surface area contributed by atoms with Gasteiger partial charge in [-0.3, -0.25) is 4.79 Å². The Balaban J connectivity index is 3.55. The maximum Gasteiger partial charge on any atom is 0.249 e. The Labute approximate surface area is 437 Å². The molecule has 1 amide bonds. The van der Waals surface area contributed by atoms with Crippen LogP contribution < -0.4 is 5.32 Å². The molecule has 3 atom stereocenters. The topological polar surface area (TPSA) is 89.8 Å². The van der Waals surface area contributed by atoms with E-state index in [0.717, 1.165) is 44.9 Å². The molecule has 5 nitrogen and oxygen atoms in total. The lowest BCUT2D eigenvalue weighted by Crippen LogP contribution is -2.48. The summed E-state index contributed by atoms with van der Waals surface area (Å²) in [4.78, 5) is 12.6. The zero-order valence-corrected chi connectivity index (χ0v) is 47.2. The first-order valence-corrected chi connectivity index (χ1v) is 31.5. The summed E-state index contributed by atoms with van der Waals surface area (Å²) in [6, 6.07) is -0.816. The summed E-state index contributed by atoms with van der Waals surface area (Å²) in [5.41, 5.74) is 0. The van der Waals surface area contributed by atoms with Gasteiger partial charge in [0.05, 0.1) is 18.8 Å². The van der Waals surface area contributed by atoms with Crippen molar-refractivity contribution in [3.63, 3.8) is 0 Å². The van der Waals surface area contributed by atoms with Crippen LogP contribution in [0.5, 0.6) is 0 Å². The van der Waals surface area contributed by atoms with Crippen LogP contribution in [-0.4, -0.2) is 46.1 Å². The summed E-state index contributed by atoms with van der Waals surface area (Å²) >= 11 is 0. The number of carbonyl (C=O) groups is 1. The van der Waals surface area contributed by atoms with E-state index in [0.29, 0.717) is 6.42 Å². The molecule has 0 aromatic carbocycles. The van der Waals surface area contributed by atoms with Crippen molar-refractivity contribution >= 4 is 5.91 Å². The highest BCUT2D eigenvalue weighted by Crippen LogP contribution is 2.18. The van der Waals surface area contributed by atoms with Gasteiger partial charge in [-0.1, -0.05) is 319 Å². The Hall–Kier alpha value is -1.69. The number of amides is 1. The van der Waals surface area contributed by atoms with E-state index in [9.17, 15) is 20.1 Å². The number of nitrogens with one attached hydrogen (secondary N) is 1. The van der Waals surface area contributed by atoms with Gasteiger partial charge >= 0.3 is 0 Å². The molecule has 0 spiro atoms. The molecule has 0 saturated carbocycles. The molecule has 0 aliphatic carbocycles. The molecule has 4 N–H and O–H groups in total. The molecule has 0 heterocycles. The summed E-state index contributed by atoms with van der Waals surface area (Å²) in [7, 11) is 0. The van der Waals surface area contributed by atoms with Gasteiger partial charge in [-0.2, -0.15) is 0 Å². The predicted molar refractivity (Wildman–Crippen MR) is 310 cm³/mol.